The van der Waals surface area contributed by atoms with Gasteiger partial charge in [-0.25, -0.2) is 9.37 Å². The maximum absolute atomic E-state index is 14.2. The zero-order valence-corrected chi connectivity index (χ0v) is 17.0. The molecule has 0 saturated carbocycles. The molecule has 0 spiro atoms. The Balaban J connectivity index is 1.78. The second kappa shape index (κ2) is 7.05. The summed E-state index contributed by atoms with van der Waals surface area (Å²) in [4.78, 5) is 10.1. The van der Waals surface area contributed by atoms with Crippen LogP contribution in [0.15, 0.2) is 42.7 Å². The number of anilines is 1. The lowest BCUT2D eigenvalue weighted by Gasteiger charge is -2.35. The van der Waals surface area contributed by atoms with Crippen molar-refractivity contribution >= 4 is 39.0 Å². The Hall–Kier alpha value is -2.55. The van der Waals surface area contributed by atoms with Crippen molar-refractivity contribution in [1.82, 2.24) is 13.9 Å². The highest BCUT2D eigenvalue weighted by Crippen LogP contribution is 2.36. The van der Waals surface area contributed by atoms with Gasteiger partial charge < -0.3 is 19.2 Å². The van der Waals surface area contributed by atoms with Crippen LogP contribution in [0.4, 0.5) is 10.1 Å². The minimum atomic E-state index is -1.24. The van der Waals surface area contributed by atoms with Crippen LogP contribution < -0.4 is 4.90 Å². The third kappa shape index (κ3) is 2.99. The Morgan fingerprint density at radius 1 is 1.28 bits per heavy atom. The van der Waals surface area contributed by atoms with Crippen molar-refractivity contribution in [2.75, 3.05) is 30.9 Å². The third-order valence-electron chi connectivity index (χ3n) is 5.50. The zero-order valence-electron chi connectivity index (χ0n) is 16.2. The van der Waals surface area contributed by atoms with Crippen molar-refractivity contribution in [3.63, 3.8) is 0 Å². The Morgan fingerprint density at radius 2 is 2.14 bits per heavy atom. The van der Waals surface area contributed by atoms with Gasteiger partial charge in [0.15, 0.2) is 5.65 Å². The summed E-state index contributed by atoms with van der Waals surface area (Å²) >= 11 is -1.24. The molecular weight excluding hydrogens is 391 g/mol. The van der Waals surface area contributed by atoms with E-state index in [0.29, 0.717) is 24.4 Å². The minimum Gasteiger partial charge on any atom is -0.593 e. The lowest BCUT2D eigenvalue weighted by molar-refractivity contribution is 0.0991. The van der Waals surface area contributed by atoms with Crippen LogP contribution in [-0.4, -0.2) is 50.5 Å². The Kier molecular flexibility index (Phi) is 4.49. The fraction of sp³-hybridized carbons (Fsp3) is 0.286. The summed E-state index contributed by atoms with van der Waals surface area (Å²) in [5.41, 5.74) is 3.70. The van der Waals surface area contributed by atoms with E-state index in [9.17, 15) is 8.94 Å². The number of morpholine rings is 1. The maximum Gasteiger partial charge on any atom is 0.188 e. The van der Waals surface area contributed by atoms with Crippen molar-refractivity contribution in [3.05, 3.63) is 48.5 Å². The Labute approximate surface area is 170 Å². The summed E-state index contributed by atoms with van der Waals surface area (Å²) < 4.78 is 33.8. The number of halogens is 1. The molecule has 0 aliphatic carbocycles. The van der Waals surface area contributed by atoms with Crippen LogP contribution in [0.2, 0.25) is 0 Å². The lowest BCUT2D eigenvalue weighted by atomic mass is 10.0. The number of pyridine rings is 1. The van der Waals surface area contributed by atoms with Gasteiger partial charge in [0, 0.05) is 35.1 Å². The molecule has 3 aromatic heterocycles. The van der Waals surface area contributed by atoms with Crippen LogP contribution in [0.3, 0.4) is 0 Å². The summed E-state index contributed by atoms with van der Waals surface area (Å²) in [5.74, 6) is -0.296. The molecular formula is C21H21FN4O2S. The fourth-order valence-corrected chi connectivity index (χ4v) is 4.70. The number of fused-ring (bicyclic) bond motifs is 2. The number of aromatic nitrogens is 3. The van der Waals surface area contributed by atoms with Gasteiger partial charge in [0.05, 0.1) is 47.7 Å². The maximum atomic E-state index is 14.2. The second-order valence-electron chi connectivity index (χ2n) is 7.31. The molecule has 4 heterocycles. The Bertz CT molecular complexity index is 1200. The van der Waals surface area contributed by atoms with Gasteiger partial charge in [-0.3, -0.25) is 0 Å². The number of hydrogen-bond donors (Lipinski definition) is 1. The number of hydrogen-bond acceptors (Lipinski definition) is 4. The van der Waals surface area contributed by atoms with E-state index in [2.05, 4.69) is 16.8 Å². The number of benzene rings is 1. The lowest BCUT2D eigenvalue weighted by Crippen LogP contribution is -2.43. The highest BCUT2D eigenvalue weighted by atomic mass is 32.2. The molecule has 6 nitrogen and oxygen atoms in total. The summed E-state index contributed by atoms with van der Waals surface area (Å²) in [5, 5.41) is 1.72. The van der Waals surface area contributed by atoms with Gasteiger partial charge in [-0.1, -0.05) is 0 Å². The van der Waals surface area contributed by atoms with Crippen LogP contribution in [0.1, 0.15) is 6.92 Å². The molecule has 4 aromatic rings. The van der Waals surface area contributed by atoms with Crippen LogP contribution >= 0.6 is 0 Å². The Morgan fingerprint density at radius 3 is 2.93 bits per heavy atom. The van der Waals surface area contributed by atoms with Crippen molar-refractivity contribution < 1.29 is 13.7 Å². The van der Waals surface area contributed by atoms with Crippen molar-refractivity contribution in [3.8, 4) is 11.3 Å². The van der Waals surface area contributed by atoms with E-state index in [1.807, 2.05) is 24.4 Å². The topological polar surface area (TPSA) is 69.1 Å². The van der Waals surface area contributed by atoms with Crippen LogP contribution in [0, 0.1) is 5.82 Å². The number of rotatable bonds is 3. The van der Waals surface area contributed by atoms with E-state index >= 15 is 0 Å². The van der Waals surface area contributed by atoms with Gasteiger partial charge in [0.1, 0.15) is 12.1 Å². The average Bonchev–Trinajstić information content (AvgIpc) is 3.36. The molecule has 1 fully saturated rings. The molecule has 0 radical (unpaired) electrons. The van der Waals surface area contributed by atoms with Crippen molar-refractivity contribution in [2.45, 2.75) is 13.0 Å². The summed E-state index contributed by atoms with van der Waals surface area (Å²) in [7, 11) is 0. The van der Waals surface area contributed by atoms with Crippen LogP contribution in [0.5, 0.6) is 0 Å². The molecule has 150 valence electrons. The zero-order chi connectivity index (χ0) is 20.1. The smallest absolute Gasteiger partial charge is 0.188 e. The molecule has 0 amide bonds. The number of ether oxygens (including phenoxy) is 1. The van der Waals surface area contributed by atoms with Gasteiger partial charge in [-0.2, -0.15) is 3.97 Å². The number of nitrogens with one attached hydrogen (secondary N) is 1. The van der Waals surface area contributed by atoms with E-state index in [1.54, 1.807) is 22.5 Å². The van der Waals surface area contributed by atoms with E-state index in [-0.39, 0.29) is 11.9 Å². The van der Waals surface area contributed by atoms with E-state index in [1.165, 1.54) is 6.07 Å². The van der Waals surface area contributed by atoms with E-state index < -0.39 is 11.4 Å². The molecule has 5 rings (SSSR count). The van der Waals surface area contributed by atoms with Crippen molar-refractivity contribution in [1.29, 1.82) is 0 Å². The molecule has 1 saturated heterocycles. The first kappa shape index (κ1) is 18.5. The van der Waals surface area contributed by atoms with Gasteiger partial charge >= 0.3 is 0 Å². The van der Waals surface area contributed by atoms with Crippen LogP contribution in [0.25, 0.3) is 33.2 Å². The molecule has 1 aliphatic rings. The van der Waals surface area contributed by atoms with Gasteiger partial charge in [0.25, 0.3) is 0 Å². The molecule has 1 aromatic carbocycles. The normalized spacial score (nSPS) is 18.6. The molecule has 8 heteroatoms. The second-order valence-corrected chi connectivity index (χ2v) is 8.55. The largest absolute Gasteiger partial charge is 0.593 e. The summed E-state index contributed by atoms with van der Waals surface area (Å²) in [6, 6.07) is 9.27. The highest BCUT2D eigenvalue weighted by molar-refractivity contribution is 7.89. The predicted molar refractivity (Wildman–Crippen MR) is 114 cm³/mol. The summed E-state index contributed by atoms with van der Waals surface area (Å²) in [6.07, 6.45) is 5.17. The predicted octanol–water partition coefficient (Wildman–Crippen LogP) is 3.69. The quantitative estimate of drug-likeness (QED) is 0.521. The first-order valence-corrected chi connectivity index (χ1v) is 11.0. The SMILES string of the molecule is CC1COCCN1c1cc(-c2ccc(F)c3[nH]ccc23)nc2c1ccn2[S+](C)[O-]. The first-order valence-electron chi connectivity index (χ1n) is 9.51. The molecule has 1 N–H and O–H groups in total. The number of aromatic amines is 1. The fourth-order valence-electron chi connectivity index (χ4n) is 4.08. The van der Waals surface area contributed by atoms with Gasteiger partial charge in [-0.15, -0.1) is 0 Å². The molecule has 2 atom stereocenters. The van der Waals surface area contributed by atoms with Crippen molar-refractivity contribution in [2.24, 2.45) is 0 Å². The highest BCUT2D eigenvalue weighted by Gasteiger charge is 2.25. The molecule has 0 bridgehead atoms. The number of H-pyrrole nitrogens is 1. The van der Waals surface area contributed by atoms with Gasteiger partial charge in [0.2, 0.25) is 0 Å². The van der Waals surface area contributed by atoms with E-state index in [4.69, 9.17) is 9.72 Å². The standard InChI is InChI=1S/C21H21FN4O2S/c1-13-12-28-10-9-25(13)19-11-18(24-21-16(19)6-8-26(21)29(2)27)14-3-4-17(22)20-15(14)5-7-23-20/h3-8,11,13,23H,9-10,12H2,1-2H3. The summed E-state index contributed by atoms with van der Waals surface area (Å²) in [6.45, 7) is 4.20. The number of nitrogens with zero attached hydrogens (tertiary/aromatic N) is 3. The monoisotopic (exact) mass is 412 g/mol. The molecule has 1 aliphatic heterocycles. The minimum absolute atomic E-state index is 0.207. The van der Waals surface area contributed by atoms with E-state index in [0.717, 1.165) is 34.3 Å². The third-order valence-corrected chi connectivity index (χ3v) is 6.35. The average molecular weight is 412 g/mol. The molecule has 29 heavy (non-hydrogen) atoms. The van der Waals surface area contributed by atoms with Gasteiger partial charge in [-0.05, 0) is 37.3 Å². The molecule has 2 unspecified atom stereocenters. The first-order chi connectivity index (χ1) is 14.0. The van der Waals surface area contributed by atoms with Crippen LogP contribution in [-0.2, 0) is 16.1 Å².